The molecule has 0 aliphatic carbocycles. The van der Waals surface area contributed by atoms with Gasteiger partial charge in [-0.15, -0.1) is 11.3 Å². The molecule has 0 aliphatic rings. The van der Waals surface area contributed by atoms with Crippen LogP contribution < -0.4 is 15.8 Å². The van der Waals surface area contributed by atoms with Gasteiger partial charge in [0.2, 0.25) is 0 Å². The predicted molar refractivity (Wildman–Crippen MR) is 85.1 cm³/mol. The highest BCUT2D eigenvalue weighted by atomic mass is 32.1. The van der Waals surface area contributed by atoms with Crippen LogP contribution >= 0.6 is 11.3 Å². The Kier molecular flexibility index (Phi) is 4.70. The summed E-state index contributed by atoms with van der Waals surface area (Å²) >= 11 is 1.29. The number of nitrogen functional groups attached to an aromatic ring is 1. The van der Waals surface area contributed by atoms with Gasteiger partial charge in [-0.25, -0.2) is 4.79 Å². The van der Waals surface area contributed by atoms with Gasteiger partial charge in [-0.2, -0.15) is 0 Å². The Labute approximate surface area is 127 Å². The van der Waals surface area contributed by atoms with Crippen molar-refractivity contribution in [1.82, 2.24) is 0 Å². The number of nitrogens with two attached hydrogens (primary N) is 1. The Morgan fingerprint density at radius 1 is 1.29 bits per heavy atom. The number of esters is 1. The fraction of sp³-hybridized carbons (Fsp3) is 0.267. The Balaban J connectivity index is 2.11. The number of carbonyl (C=O) groups excluding carboxylic acids is 1. The molecule has 1 heterocycles. The van der Waals surface area contributed by atoms with Gasteiger partial charge in [0.05, 0.1) is 24.9 Å². The minimum Gasteiger partial charge on any atom is -0.497 e. The number of ether oxygens (including phenoxy) is 2. The predicted octanol–water partition coefficient (Wildman–Crippen LogP) is 3.30. The maximum Gasteiger partial charge on any atom is 0.350 e. The molecule has 112 valence electrons. The van der Waals surface area contributed by atoms with Crippen LogP contribution in [-0.4, -0.2) is 20.2 Å². The standard InChI is InChI=1S/C15H18N2O3S/c1-9(10-4-6-11(19-2)7-5-10)17-13-8-12(16)14(21-13)15(18)20-3/h4-9,17H,16H2,1-3H3. The molecule has 3 N–H and O–H groups in total. The third-order valence-corrected chi connectivity index (χ3v) is 4.17. The lowest BCUT2D eigenvalue weighted by Gasteiger charge is -2.14. The van der Waals surface area contributed by atoms with Crippen molar-refractivity contribution < 1.29 is 14.3 Å². The summed E-state index contributed by atoms with van der Waals surface area (Å²) in [6.45, 7) is 2.04. The topological polar surface area (TPSA) is 73.6 Å². The molecule has 0 amide bonds. The average Bonchev–Trinajstić information content (AvgIpc) is 2.87. The molecule has 0 saturated heterocycles. The number of methoxy groups -OCH3 is 2. The smallest absolute Gasteiger partial charge is 0.350 e. The first-order chi connectivity index (χ1) is 10.0. The SMILES string of the molecule is COC(=O)c1sc(NC(C)c2ccc(OC)cc2)cc1N. The summed E-state index contributed by atoms with van der Waals surface area (Å²) in [6, 6.07) is 9.64. The largest absolute Gasteiger partial charge is 0.497 e. The van der Waals surface area contributed by atoms with Crippen LogP contribution in [0.25, 0.3) is 0 Å². The van der Waals surface area contributed by atoms with Gasteiger partial charge >= 0.3 is 5.97 Å². The molecule has 1 aromatic carbocycles. The van der Waals surface area contributed by atoms with Crippen LogP contribution in [0.5, 0.6) is 5.75 Å². The van der Waals surface area contributed by atoms with Gasteiger partial charge in [0.15, 0.2) is 0 Å². The highest BCUT2D eigenvalue weighted by molar-refractivity contribution is 7.18. The van der Waals surface area contributed by atoms with Crippen LogP contribution in [0.3, 0.4) is 0 Å². The van der Waals surface area contributed by atoms with Gasteiger partial charge in [0, 0.05) is 6.04 Å². The minimum absolute atomic E-state index is 0.0828. The molecule has 2 rings (SSSR count). The number of hydrogen-bond donors (Lipinski definition) is 2. The van der Waals surface area contributed by atoms with E-state index in [4.69, 9.17) is 15.2 Å². The van der Waals surface area contributed by atoms with E-state index in [2.05, 4.69) is 5.32 Å². The lowest BCUT2D eigenvalue weighted by atomic mass is 10.1. The number of carbonyl (C=O) groups is 1. The summed E-state index contributed by atoms with van der Waals surface area (Å²) in [5.41, 5.74) is 7.36. The van der Waals surface area contributed by atoms with Crippen LogP contribution in [0.4, 0.5) is 10.7 Å². The Morgan fingerprint density at radius 2 is 1.95 bits per heavy atom. The molecule has 0 spiro atoms. The monoisotopic (exact) mass is 306 g/mol. The second-order valence-electron chi connectivity index (χ2n) is 4.53. The number of anilines is 2. The van der Waals surface area contributed by atoms with E-state index in [0.717, 1.165) is 16.3 Å². The fourth-order valence-electron chi connectivity index (χ4n) is 1.92. The maximum absolute atomic E-state index is 11.5. The third-order valence-electron chi connectivity index (χ3n) is 3.11. The molecular weight excluding hydrogens is 288 g/mol. The van der Waals surface area contributed by atoms with Gasteiger partial charge in [-0.3, -0.25) is 0 Å². The Bertz CT molecular complexity index is 622. The van der Waals surface area contributed by atoms with Crippen molar-refractivity contribution in [3.8, 4) is 5.75 Å². The second kappa shape index (κ2) is 6.49. The zero-order valence-electron chi connectivity index (χ0n) is 12.2. The first-order valence-corrected chi connectivity index (χ1v) is 7.25. The van der Waals surface area contributed by atoms with Crippen molar-refractivity contribution in [2.45, 2.75) is 13.0 Å². The third kappa shape index (κ3) is 3.46. The first kappa shape index (κ1) is 15.2. The zero-order valence-corrected chi connectivity index (χ0v) is 13.0. The van der Waals surface area contributed by atoms with Crippen LogP contribution in [0, 0.1) is 0 Å². The number of nitrogens with one attached hydrogen (secondary N) is 1. The quantitative estimate of drug-likeness (QED) is 0.829. The van der Waals surface area contributed by atoms with Crippen molar-refractivity contribution in [3.63, 3.8) is 0 Å². The molecule has 0 saturated carbocycles. The Morgan fingerprint density at radius 3 is 2.52 bits per heavy atom. The summed E-state index contributed by atoms with van der Waals surface area (Å²) < 4.78 is 9.83. The molecule has 0 aliphatic heterocycles. The molecule has 1 atom stereocenters. The summed E-state index contributed by atoms with van der Waals surface area (Å²) in [4.78, 5) is 12.0. The highest BCUT2D eigenvalue weighted by Gasteiger charge is 2.16. The lowest BCUT2D eigenvalue weighted by molar-refractivity contribution is 0.0607. The molecule has 0 fully saturated rings. The van der Waals surface area contributed by atoms with Gasteiger partial charge < -0.3 is 20.5 Å². The van der Waals surface area contributed by atoms with Crippen LogP contribution in [-0.2, 0) is 4.74 Å². The zero-order chi connectivity index (χ0) is 15.4. The van der Waals surface area contributed by atoms with E-state index < -0.39 is 5.97 Å². The van der Waals surface area contributed by atoms with Crippen molar-refractivity contribution >= 4 is 28.0 Å². The maximum atomic E-state index is 11.5. The minimum atomic E-state index is -0.414. The summed E-state index contributed by atoms with van der Waals surface area (Å²) in [5.74, 6) is 0.405. The molecule has 1 unspecified atom stereocenters. The van der Waals surface area contributed by atoms with Crippen molar-refractivity contribution in [1.29, 1.82) is 0 Å². The number of benzene rings is 1. The van der Waals surface area contributed by atoms with E-state index in [1.165, 1.54) is 18.4 Å². The molecule has 21 heavy (non-hydrogen) atoms. The van der Waals surface area contributed by atoms with Crippen LogP contribution in [0.15, 0.2) is 30.3 Å². The molecule has 1 aromatic heterocycles. The van der Waals surface area contributed by atoms with Crippen LogP contribution in [0.1, 0.15) is 28.2 Å². The summed E-state index contributed by atoms with van der Waals surface area (Å²) in [5, 5.41) is 4.16. The summed E-state index contributed by atoms with van der Waals surface area (Å²) in [7, 11) is 2.98. The van der Waals surface area contributed by atoms with Crippen molar-refractivity contribution in [2.24, 2.45) is 0 Å². The molecule has 0 radical (unpaired) electrons. The van der Waals surface area contributed by atoms with Gasteiger partial charge in [0.25, 0.3) is 0 Å². The molecule has 0 bridgehead atoms. The van der Waals surface area contributed by atoms with Gasteiger partial charge in [-0.05, 0) is 30.7 Å². The molecule has 6 heteroatoms. The van der Waals surface area contributed by atoms with E-state index in [1.807, 2.05) is 31.2 Å². The van der Waals surface area contributed by atoms with Crippen molar-refractivity contribution in [3.05, 3.63) is 40.8 Å². The number of thiophene rings is 1. The Hall–Kier alpha value is -2.21. The number of rotatable bonds is 5. The van der Waals surface area contributed by atoms with E-state index in [9.17, 15) is 4.79 Å². The number of hydrogen-bond acceptors (Lipinski definition) is 6. The van der Waals surface area contributed by atoms with E-state index in [-0.39, 0.29) is 6.04 Å². The first-order valence-electron chi connectivity index (χ1n) is 6.43. The lowest BCUT2D eigenvalue weighted by Crippen LogP contribution is -2.05. The average molecular weight is 306 g/mol. The normalized spacial score (nSPS) is 11.8. The fourth-order valence-corrected chi connectivity index (χ4v) is 2.90. The molecular formula is C15H18N2O3S. The van der Waals surface area contributed by atoms with E-state index in [1.54, 1.807) is 13.2 Å². The second-order valence-corrected chi connectivity index (χ2v) is 5.58. The van der Waals surface area contributed by atoms with Gasteiger partial charge in [0.1, 0.15) is 10.6 Å². The van der Waals surface area contributed by atoms with Crippen molar-refractivity contribution in [2.75, 3.05) is 25.3 Å². The van der Waals surface area contributed by atoms with Crippen LogP contribution in [0.2, 0.25) is 0 Å². The van der Waals surface area contributed by atoms with E-state index >= 15 is 0 Å². The highest BCUT2D eigenvalue weighted by Crippen LogP contribution is 2.32. The molecule has 5 nitrogen and oxygen atoms in total. The van der Waals surface area contributed by atoms with Gasteiger partial charge in [-0.1, -0.05) is 12.1 Å². The summed E-state index contributed by atoms with van der Waals surface area (Å²) in [6.07, 6.45) is 0. The van der Waals surface area contributed by atoms with E-state index in [0.29, 0.717) is 10.6 Å². The molecule has 2 aromatic rings.